The molecule has 0 aliphatic heterocycles. The number of H-pyrrole nitrogens is 1. The predicted molar refractivity (Wildman–Crippen MR) is 78.5 cm³/mol. The zero-order valence-electron chi connectivity index (χ0n) is 11.6. The van der Waals surface area contributed by atoms with E-state index >= 15 is 0 Å². The number of nitro groups is 1. The lowest BCUT2D eigenvalue weighted by Gasteiger charge is -1.95. The van der Waals surface area contributed by atoms with Crippen LogP contribution in [-0.4, -0.2) is 19.7 Å². The molecule has 2 aromatic heterocycles. The van der Waals surface area contributed by atoms with E-state index in [0.717, 1.165) is 22.0 Å². The second kappa shape index (κ2) is 5.56. The zero-order valence-corrected chi connectivity index (χ0v) is 11.6. The number of hydrogen-bond acceptors (Lipinski definition) is 3. The number of hydrogen-bond donors (Lipinski definition) is 1. The lowest BCUT2D eigenvalue weighted by molar-refractivity contribution is -0.384. The monoisotopic (exact) mass is 272 g/mol. The second-order valence-electron chi connectivity index (χ2n) is 4.09. The van der Waals surface area contributed by atoms with Crippen LogP contribution in [-0.2, 0) is 7.05 Å². The number of aryl methyl sites for hydroxylation is 1. The third kappa shape index (κ3) is 2.40. The SMILES string of the molecule is CC.Cn1cc(-c2c[nH]c3cc([N+](=O)[O-])ccc23)cn1. The Morgan fingerprint density at radius 2 is 2.10 bits per heavy atom. The summed E-state index contributed by atoms with van der Waals surface area (Å²) in [6, 6.07) is 4.80. The summed E-state index contributed by atoms with van der Waals surface area (Å²) in [5.74, 6) is 0. The van der Waals surface area contributed by atoms with Gasteiger partial charge >= 0.3 is 0 Å². The van der Waals surface area contributed by atoms with Gasteiger partial charge in [0.05, 0.1) is 16.6 Å². The molecule has 0 atom stereocenters. The Bertz CT molecular complexity index is 743. The summed E-state index contributed by atoms with van der Waals surface area (Å²) < 4.78 is 1.72. The van der Waals surface area contributed by atoms with Gasteiger partial charge in [0, 0.05) is 48.1 Å². The Morgan fingerprint density at radius 3 is 2.70 bits per heavy atom. The molecule has 0 saturated heterocycles. The zero-order chi connectivity index (χ0) is 14.7. The van der Waals surface area contributed by atoms with Crippen molar-refractivity contribution >= 4 is 16.6 Å². The summed E-state index contributed by atoms with van der Waals surface area (Å²) in [6.07, 6.45) is 5.51. The standard InChI is InChI=1S/C12H10N4O2.C2H6/c1-15-7-8(5-14-15)11-6-13-12-4-9(16(17)18)2-3-10(11)12;1-2/h2-7,13H,1H3;1-2H3. The van der Waals surface area contributed by atoms with E-state index in [0.29, 0.717) is 0 Å². The molecule has 6 nitrogen and oxygen atoms in total. The van der Waals surface area contributed by atoms with Crippen molar-refractivity contribution in [3.8, 4) is 11.1 Å². The molecule has 0 radical (unpaired) electrons. The van der Waals surface area contributed by atoms with Gasteiger partial charge in [-0.2, -0.15) is 5.10 Å². The van der Waals surface area contributed by atoms with Crippen molar-refractivity contribution in [3.05, 3.63) is 46.9 Å². The molecule has 0 aliphatic carbocycles. The molecule has 0 saturated carbocycles. The summed E-state index contributed by atoms with van der Waals surface area (Å²) in [7, 11) is 1.85. The third-order valence-corrected chi connectivity index (χ3v) is 2.89. The van der Waals surface area contributed by atoms with Crippen molar-refractivity contribution in [2.75, 3.05) is 0 Å². The van der Waals surface area contributed by atoms with E-state index in [2.05, 4.69) is 10.1 Å². The first-order chi connectivity index (χ1) is 9.65. The van der Waals surface area contributed by atoms with Crippen molar-refractivity contribution < 1.29 is 4.92 Å². The highest BCUT2D eigenvalue weighted by Crippen LogP contribution is 2.30. The Morgan fingerprint density at radius 1 is 1.35 bits per heavy atom. The van der Waals surface area contributed by atoms with E-state index in [1.807, 2.05) is 33.3 Å². The molecule has 0 unspecified atom stereocenters. The Kier molecular flexibility index (Phi) is 3.84. The van der Waals surface area contributed by atoms with Crippen LogP contribution in [0.15, 0.2) is 36.8 Å². The fourth-order valence-corrected chi connectivity index (χ4v) is 2.03. The van der Waals surface area contributed by atoms with Crippen molar-refractivity contribution in [1.82, 2.24) is 14.8 Å². The number of aromatic nitrogens is 3. The maximum absolute atomic E-state index is 10.7. The van der Waals surface area contributed by atoms with Crippen molar-refractivity contribution in [3.63, 3.8) is 0 Å². The minimum absolute atomic E-state index is 0.0853. The Hall–Kier alpha value is -2.63. The maximum Gasteiger partial charge on any atom is 0.271 e. The van der Waals surface area contributed by atoms with E-state index in [9.17, 15) is 10.1 Å². The molecule has 0 bridgehead atoms. The molecular formula is C14H16N4O2. The lowest BCUT2D eigenvalue weighted by atomic mass is 10.1. The molecule has 0 aliphatic rings. The summed E-state index contributed by atoms with van der Waals surface area (Å²) >= 11 is 0. The van der Waals surface area contributed by atoms with Crippen LogP contribution < -0.4 is 0 Å². The smallest absolute Gasteiger partial charge is 0.271 e. The molecule has 1 N–H and O–H groups in total. The molecule has 2 heterocycles. The van der Waals surface area contributed by atoms with Gasteiger partial charge < -0.3 is 4.98 Å². The van der Waals surface area contributed by atoms with Gasteiger partial charge in [-0.05, 0) is 6.07 Å². The van der Waals surface area contributed by atoms with Gasteiger partial charge in [-0.25, -0.2) is 0 Å². The highest BCUT2D eigenvalue weighted by Gasteiger charge is 2.11. The average Bonchev–Trinajstić information content (AvgIpc) is 3.06. The van der Waals surface area contributed by atoms with Gasteiger partial charge in [0.25, 0.3) is 5.69 Å². The molecular weight excluding hydrogens is 256 g/mol. The van der Waals surface area contributed by atoms with Crippen LogP contribution in [0.25, 0.3) is 22.0 Å². The molecule has 3 rings (SSSR count). The Balaban J connectivity index is 0.000000704. The van der Waals surface area contributed by atoms with Gasteiger partial charge in [-0.1, -0.05) is 13.8 Å². The molecule has 3 aromatic rings. The van der Waals surface area contributed by atoms with E-state index < -0.39 is 4.92 Å². The third-order valence-electron chi connectivity index (χ3n) is 2.89. The second-order valence-corrected chi connectivity index (χ2v) is 4.09. The van der Waals surface area contributed by atoms with Gasteiger partial charge in [0.1, 0.15) is 0 Å². The van der Waals surface area contributed by atoms with Gasteiger partial charge in [-0.15, -0.1) is 0 Å². The normalized spacial score (nSPS) is 10.2. The largest absolute Gasteiger partial charge is 0.360 e. The number of nitrogens with one attached hydrogen (secondary N) is 1. The predicted octanol–water partition coefficient (Wildman–Crippen LogP) is 3.50. The molecule has 6 heteroatoms. The number of nitro benzene ring substituents is 1. The van der Waals surface area contributed by atoms with E-state index in [1.54, 1.807) is 16.9 Å². The summed E-state index contributed by atoms with van der Waals surface area (Å²) in [5.41, 5.74) is 2.82. The molecule has 0 fully saturated rings. The van der Waals surface area contributed by atoms with Crippen LogP contribution in [0, 0.1) is 10.1 Å². The Labute approximate surface area is 116 Å². The molecule has 0 amide bonds. The minimum Gasteiger partial charge on any atom is -0.360 e. The van der Waals surface area contributed by atoms with Crippen LogP contribution in [0.1, 0.15) is 13.8 Å². The van der Waals surface area contributed by atoms with Crippen LogP contribution in [0.5, 0.6) is 0 Å². The number of nitrogens with zero attached hydrogens (tertiary/aromatic N) is 3. The number of non-ortho nitro benzene ring substituents is 1. The highest BCUT2D eigenvalue weighted by atomic mass is 16.6. The van der Waals surface area contributed by atoms with Crippen molar-refractivity contribution in [2.45, 2.75) is 13.8 Å². The average molecular weight is 272 g/mol. The fourth-order valence-electron chi connectivity index (χ4n) is 2.03. The van der Waals surface area contributed by atoms with Crippen molar-refractivity contribution in [1.29, 1.82) is 0 Å². The summed E-state index contributed by atoms with van der Waals surface area (Å²) in [5, 5.41) is 15.8. The summed E-state index contributed by atoms with van der Waals surface area (Å²) in [6.45, 7) is 4.00. The number of aromatic amines is 1. The van der Waals surface area contributed by atoms with Crippen LogP contribution in [0.2, 0.25) is 0 Å². The fraction of sp³-hybridized carbons (Fsp3) is 0.214. The van der Waals surface area contributed by atoms with Gasteiger partial charge in [0.15, 0.2) is 0 Å². The molecule has 20 heavy (non-hydrogen) atoms. The first-order valence-electron chi connectivity index (χ1n) is 6.40. The van der Waals surface area contributed by atoms with Gasteiger partial charge in [-0.3, -0.25) is 14.8 Å². The van der Waals surface area contributed by atoms with Crippen LogP contribution in [0.4, 0.5) is 5.69 Å². The van der Waals surface area contributed by atoms with Gasteiger partial charge in [0.2, 0.25) is 0 Å². The number of benzene rings is 1. The van der Waals surface area contributed by atoms with Crippen molar-refractivity contribution in [2.24, 2.45) is 7.05 Å². The van der Waals surface area contributed by atoms with Crippen LogP contribution >= 0.6 is 0 Å². The molecule has 1 aromatic carbocycles. The van der Waals surface area contributed by atoms with E-state index in [1.165, 1.54) is 12.1 Å². The molecule has 104 valence electrons. The number of rotatable bonds is 2. The minimum atomic E-state index is -0.399. The van der Waals surface area contributed by atoms with Crippen LogP contribution in [0.3, 0.4) is 0 Å². The highest BCUT2D eigenvalue weighted by molar-refractivity contribution is 5.96. The number of fused-ring (bicyclic) bond motifs is 1. The summed E-state index contributed by atoms with van der Waals surface area (Å²) in [4.78, 5) is 13.4. The first-order valence-corrected chi connectivity index (χ1v) is 6.40. The lowest BCUT2D eigenvalue weighted by Crippen LogP contribution is -1.86. The quantitative estimate of drug-likeness (QED) is 0.573. The van der Waals surface area contributed by atoms with E-state index in [4.69, 9.17) is 0 Å². The first kappa shape index (κ1) is 13.8. The molecule has 0 spiro atoms. The van der Waals surface area contributed by atoms with E-state index in [-0.39, 0.29) is 5.69 Å². The topological polar surface area (TPSA) is 76.8 Å². The maximum atomic E-state index is 10.7.